The van der Waals surface area contributed by atoms with E-state index in [1.54, 1.807) is 7.11 Å². The molecule has 2 bridgehead atoms. The molecule has 1 saturated heterocycles. The molecule has 5 rings (SSSR count). The smallest absolute Gasteiger partial charge is 0.166 e. The zero-order valence-electron chi connectivity index (χ0n) is 13.0. The van der Waals surface area contributed by atoms with Gasteiger partial charge in [0.15, 0.2) is 11.5 Å². The van der Waals surface area contributed by atoms with Crippen LogP contribution in [0.15, 0.2) is 23.8 Å². The minimum atomic E-state index is -0.434. The molecule has 4 nitrogen and oxygen atoms in total. The second kappa shape index (κ2) is 4.06. The lowest BCUT2D eigenvalue weighted by atomic mass is 9.56. The first kappa shape index (κ1) is 13.0. The van der Waals surface area contributed by atoms with Gasteiger partial charge in [-0.25, -0.2) is 0 Å². The number of likely N-dealkylation sites (tertiary alicyclic amines) is 1. The number of aliphatic hydroxyl groups is 1. The molecule has 22 heavy (non-hydrogen) atoms. The van der Waals surface area contributed by atoms with Crippen LogP contribution in [-0.4, -0.2) is 49.0 Å². The number of rotatable bonds is 1. The Morgan fingerprint density at radius 3 is 3.09 bits per heavy atom. The Bertz CT molecular complexity index is 698. The van der Waals surface area contributed by atoms with Crippen LogP contribution in [-0.2, 0) is 11.8 Å². The molecule has 1 fully saturated rings. The van der Waals surface area contributed by atoms with Gasteiger partial charge in [0, 0.05) is 11.6 Å². The van der Waals surface area contributed by atoms with Crippen molar-refractivity contribution in [1.29, 1.82) is 0 Å². The summed E-state index contributed by atoms with van der Waals surface area (Å²) in [4.78, 5) is 2.46. The van der Waals surface area contributed by atoms with Gasteiger partial charge in [0.05, 0.1) is 18.6 Å². The SMILES string of the molecule is COc1ccc2c3c1O[C@@H]1[C@H](O)CC=C4[C@H](C2)N(C)CC[C@@]431. The third-order valence-electron chi connectivity index (χ3n) is 6.21. The lowest BCUT2D eigenvalue weighted by Gasteiger charge is -2.54. The van der Waals surface area contributed by atoms with Crippen molar-refractivity contribution >= 4 is 0 Å². The lowest BCUT2D eigenvalue weighted by molar-refractivity contribution is -0.0124. The molecule has 2 heterocycles. The highest BCUT2D eigenvalue weighted by Gasteiger charge is 2.62. The third kappa shape index (κ3) is 1.28. The number of nitrogens with zero attached hydrogens (tertiary/aromatic N) is 1. The third-order valence-corrected chi connectivity index (χ3v) is 6.21. The van der Waals surface area contributed by atoms with Crippen LogP contribution in [0, 0.1) is 0 Å². The van der Waals surface area contributed by atoms with Crippen LogP contribution in [0.5, 0.6) is 11.5 Å². The number of hydrogen-bond donors (Lipinski definition) is 1. The molecule has 4 heteroatoms. The van der Waals surface area contributed by atoms with E-state index < -0.39 is 6.10 Å². The fourth-order valence-electron chi connectivity index (χ4n) is 5.25. The minimum Gasteiger partial charge on any atom is -0.493 e. The van der Waals surface area contributed by atoms with E-state index in [0.29, 0.717) is 12.5 Å². The van der Waals surface area contributed by atoms with Gasteiger partial charge >= 0.3 is 0 Å². The van der Waals surface area contributed by atoms with Gasteiger partial charge in [-0.3, -0.25) is 4.90 Å². The molecule has 4 aliphatic rings. The number of likely N-dealkylation sites (N-methyl/N-ethyl adjacent to an activating group) is 1. The first-order chi connectivity index (χ1) is 10.7. The lowest BCUT2D eigenvalue weighted by Crippen LogP contribution is -2.61. The van der Waals surface area contributed by atoms with E-state index >= 15 is 0 Å². The maximum Gasteiger partial charge on any atom is 0.166 e. The van der Waals surface area contributed by atoms with Crippen LogP contribution in [0.3, 0.4) is 0 Å². The van der Waals surface area contributed by atoms with E-state index in [1.807, 2.05) is 6.07 Å². The van der Waals surface area contributed by atoms with Gasteiger partial charge in [-0.2, -0.15) is 0 Å². The molecule has 2 aliphatic carbocycles. The summed E-state index contributed by atoms with van der Waals surface area (Å²) < 4.78 is 11.8. The van der Waals surface area contributed by atoms with E-state index in [4.69, 9.17) is 9.47 Å². The molecule has 116 valence electrons. The molecule has 0 aromatic heterocycles. The molecule has 0 radical (unpaired) electrons. The molecule has 0 saturated carbocycles. The van der Waals surface area contributed by atoms with Crippen LogP contribution >= 0.6 is 0 Å². The normalized spacial score (nSPS) is 38.1. The van der Waals surface area contributed by atoms with Crippen molar-refractivity contribution in [3.63, 3.8) is 0 Å². The molecule has 1 aromatic rings. The summed E-state index contributed by atoms with van der Waals surface area (Å²) in [7, 11) is 3.90. The fraction of sp³-hybridized carbons (Fsp3) is 0.556. The highest BCUT2D eigenvalue weighted by molar-refractivity contribution is 5.65. The van der Waals surface area contributed by atoms with Crippen molar-refractivity contribution in [2.45, 2.75) is 42.9 Å². The minimum absolute atomic E-state index is 0.133. The van der Waals surface area contributed by atoms with Crippen molar-refractivity contribution in [2.75, 3.05) is 20.7 Å². The first-order valence-corrected chi connectivity index (χ1v) is 8.12. The standard InChI is InChI=1S/C18H21NO3/c1-19-8-7-18-11-4-5-13(20)17(18)22-16-14(21-2)6-3-10(15(16)18)9-12(11)19/h3-4,6,12-13,17,20H,5,7-9H2,1-2H3/t12-,13+,17+,18+/m0/s1. The number of hydrogen-bond acceptors (Lipinski definition) is 4. The van der Waals surface area contributed by atoms with Crippen LogP contribution in [0.2, 0.25) is 0 Å². The summed E-state index contributed by atoms with van der Waals surface area (Å²) in [5.41, 5.74) is 4.00. The van der Waals surface area contributed by atoms with Crippen LogP contribution in [0.25, 0.3) is 0 Å². The van der Waals surface area contributed by atoms with Crippen molar-refractivity contribution < 1.29 is 14.6 Å². The van der Waals surface area contributed by atoms with Crippen molar-refractivity contribution in [3.8, 4) is 11.5 Å². The van der Waals surface area contributed by atoms with Gasteiger partial charge in [-0.1, -0.05) is 12.1 Å². The summed E-state index contributed by atoms with van der Waals surface area (Å²) >= 11 is 0. The molecule has 2 aliphatic heterocycles. The Kier molecular flexibility index (Phi) is 2.39. The maximum atomic E-state index is 10.6. The van der Waals surface area contributed by atoms with Gasteiger partial charge in [-0.05, 0) is 50.1 Å². The van der Waals surface area contributed by atoms with Crippen molar-refractivity contribution in [3.05, 3.63) is 34.9 Å². The van der Waals surface area contributed by atoms with E-state index in [0.717, 1.165) is 30.9 Å². The summed E-state index contributed by atoms with van der Waals surface area (Å²) in [6, 6.07) is 4.65. The Labute approximate surface area is 130 Å². The van der Waals surface area contributed by atoms with Gasteiger partial charge in [-0.15, -0.1) is 0 Å². The molecular formula is C18H21NO3. The van der Waals surface area contributed by atoms with Crippen molar-refractivity contribution in [1.82, 2.24) is 4.90 Å². The average Bonchev–Trinajstić information content (AvgIpc) is 2.88. The monoisotopic (exact) mass is 299 g/mol. The average molecular weight is 299 g/mol. The highest BCUT2D eigenvalue weighted by atomic mass is 16.5. The zero-order valence-corrected chi connectivity index (χ0v) is 13.0. The van der Waals surface area contributed by atoms with E-state index in [-0.39, 0.29) is 11.5 Å². The van der Waals surface area contributed by atoms with Crippen LogP contribution in [0.4, 0.5) is 0 Å². The number of aliphatic hydroxyl groups excluding tert-OH is 1. The number of benzene rings is 1. The summed E-state index contributed by atoms with van der Waals surface area (Å²) in [5.74, 6) is 1.67. The summed E-state index contributed by atoms with van der Waals surface area (Å²) in [5, 5.41) is 10.6. The predicted octanol–water partition coefficient (Wildman–Crippen LogP) is 1.65. The fourth-order valence-corrected chi connectivity index (χ4v) is 5.25. The first-order valence-electron chi connectivity index (χ1n) is 8.12. The van der Waals surface area contributed by atoms with E-state index in [2.05, 4.69) is 24.1 Å². The zero-order chi connectivity index (χ0) is 15.1. The second-order valence-corrected chi connectivity index (χ2v) is 7.05. The molecule has 4 atom stereocenters. The summed E-state index contributed by atoms with van der Waals surface area (Å²) in [6.45, 7) is 1.05. The van der Waals surface area contributed by atoms with Gasteiger partial charge in [0.2, 0.25) is 0 Å². The van der Waals surface area contributed by atoms with Crippen LogP contribution in [0.1, 0.15) is 24.0 Å². The Morgan fingerprint density at radius 1 is 1.41 bits per heavy atom. The molecule has 0 unspecified atom stereocenters. The molecular weight excluding hydrogens is 278 g/mol. The molecule has 1 spiro atoms. The Morgan fingerprint density at radius 2 is 2.27 bits per heavy atom. The van der Waals surface area contributed by atoms with Crippen LogP contribution < -0.4 is 9.47 Å². The summed E-state index contributed by atoms with van der Waals surface area (Å²) in [6.07, 6.45) is 4.42. The Balaban J connectivity index is 1.84. The number of methoxy groups -OCH3 is 1. The van der Waals surface area contributed by atoms with Gasteiger partial charge in [0.1, 0.15) is 6.10 Å². The number of ether oxygens (including phenoxy) is 2. The van der Waals surface area contributed by atoms with Gasteiger partial charge in [0.25, 0.3) is 0 Å². The molecule has 1 N–H and O–H groups in total. The van der Waals surface area contributed by atoms with E-state index in [9.17, 15) is 5.11 Å². The molecule has 0 amide bonds. The van der Waals surface area contributed by atoms with E-state index in [1.165, 1.54) is 16.7 Å². The quantitative estimate of drug-likeness (QED) is 0.801. The molecule has 1 aromatic carbocycles. The predicted molar refractivity (Wildman–Crippen MR) is 82.5 cm³/mol. The second-order valence-electron chi connectivity index (χ2n) is 7.05. The Hall–Kier alpha value is -1.52. The largest absolute Gasteiger partial charge is 0.493 e. The number of piperidine rings is 1. The van der Waals surface area contributed by atoms with Gasteiger partial charge < -0.3 is 14.6 Å². The maximum absolute atomic E-state index is 10.6. The topological polar surface area (TPSA) is 41.9 Å². The highest BCUT2D eigenvalue weighted by Crippen LogP contribution is 2.62. The van der Waals surface area contributed by atoms with Crippen molar-refractivity contribution in [2.24, 2.45) is 0 Å².